The molecule has 0 spiro atoms. The minimum Gasteiger partial charge on any atom is -0.494 e. The highest BCUT2D eigenvalue weighted by Crippen LogP contribution is 2.28. The molecule has 36 heavy (non-hydrogen) atoms. The number of rotatable bonds is 19. The van der Waals surface area contributed by atoms with Crippen molar-refractivity contribution in [2.75, 3.05) is 26.4 Å². The Kier molecular flexibility index (Phi) is 13.2. The van der Waals surface area contributed by atoms with E-state index in [-0.39, 0.29) is 0 Å². The average molecular weight is 493 g/mol. The number of unbranched alkanes of at least 4 members (excludes halogenated alkanes) is 10. The summed E-state index contributed by atoms with van der Waals surface area (Å²) in [5.41, 5.74) is 2.39. The second-order valence-electron chi connectivity index (χ2n) is 9.63. The summed E-state index contributed by atoms with van der Waals surface area (Å²) in [6, 6.07) is 21.3. The molecule has 0 unspecified atom stereocenters. The molecule has 2 N–H and O–H groups in total. The third kappa shape index (κ3) is 10.2. The lowest BCUT2D eigenvalue weighted by Gasteiger charge is -2.10. The van der Waals surface area contributed by atoms with Gasteiger partial charge in [0.2, 0.25) is 0 Å². The molecule has 0 fully saturated rings. The lowest BCUT2D eigenvalue weighted by molar-refractivity contribution is 0.280. The molecule has 0 aromatic heterocycles. The van der Waals surface area contributed by atoms with Crippen LogP contribution in [0.4, 0.5) is 0 Å². The zero-order chi connectivity index (χ0) is 25.3. The van der Waals surface area contributed by atoms with Gasteiger partial charge in [0, 0.05) is 13.2 Å². The van der Waals surface area contributed by atoms with Gasteiger partial charge in [0.25, 0.3) is 0 Å². The van der Waals surface area contributed by atoms with Gasteiger partial charge in [-0.2, -0.15) is 0 Å². The van der Waals surface area contributed by atoms with E-state index in [0.717, 1.165) is 63.2 Å². The molecule has 3 aromatic rings. The molecular weight excluding hydrogens is 448 g/mol. The molecular formula is C32H44O4. The summed E-state index contributed by atoms with van der Waals surface area (Å²) in [6.45, 7) is 2.12. The molecule has 0 aliphatic rings. The molecule has 0 atom stereocenters. The van der Waals surface area contributed by atoms with Gasteiger partial charge in [0.05, 0.1) is 13.2 Å². The van der Waals surface area contributed by atoms with Crippen LogP contribution in [0.1, 0.15) is 77.0 Å². The highest BCUT2D eigenvalue weighted by molar-refractivity contribution is 5.88. The summed E-state index contributed by atoms with van der Waals surface area (Å²) >= 11 is 0. The molecule has 0 saturated carbocycles. The maximum atomic E-state index is 8.82. The molecule has 0 radical (unpaired) electrons. The normalized spacial score (nSPS) is 11.2. The largest absolute Gasteiger partial charge is 0.494 e. The smallest absolute Gasteiger partial charge is 0.119 e. The summed E-state index contributed by atoms with van der Waals surface area (Å²) in [4.78, 5) is 0. The Bertz CT molecular complexity index is 983. The van der Waals surface area contributed by atoms with Crippen LogP contribution in [0.15, 0.2) is 60.7 Å². The Morgan fingerprint density at radius 2 is 0.861 bits per heavy atom. The van der Waals surface area contributed by atoms with Crippen molar-refractivity contribution >= 4 is 10.8 Å². The fraction of sp³-hybridized carbons (Fsp3) is 0.500. The van der Waals surface area contributed by atoms with E-state index < -0.39 is 0 Å². The second-order valence-corrected chi connectivity index (χ2v) is 9.63. The number of hydrogen-bond acceptors (Lipinski definition) is 4. The SMILES string of the molecule is OCCCCCCCCOc1ccc(-c2ccc3cc(OCCCCCCCCO)ccc3c2)cc1. The van der Waals surface area contributed by atoms with Crippen LogP contribution in [0.5, 0.6) is 11.5 Å². The van der Waals surface area contributed by atoms with E-state index in [9.17, 15) is 0 Å². The summed E-state index contributed by atoms with van der Waals surface area (Å²) in [5.74, 6) is 1.86. The number of benzene rings is 3. The van der Waals surface area contributed by atoms with E-state index in [1.54, 1.807) is 0 Å². The topological polar surface area (TPSA) is 58.9 Å². The Labute approximate surface area is 217 Å². The van der Waals surface area contributed by atoms with Gasteiger partial charge in [0.15, 0.2) is 0 Å². The average Bonchev–Trinajstić information content (AvgIpc) is 2.91. The van der Waals surface area contributed by atoms with Gasteiger partial charge in [-0.05, 0) is 77.9 Å². The zero-order valence-electron chi connectivity index (χ0n) is 21.8. The maximum absolute atomic E-state index is 8.82. The minimum atomic E-state index is 0.308. The van der Waals surface area contributed by atoms with Gasteiger partial charge in [-0.1, -0.05) is 81.7 Å². The molecule has 0 heterocycles. The van der Waals surface area contributed by atoms with E-state index in [1.807, 2.05) is 0 Å². The third-order valence-electron chi connectivity index (χ3n) is 6.64. The summed E-state index contributed by atoms with van der Waals surface area (Å²) in [6.07, 6.45) is 13.4. The van der Waals surface area contributed by atoms with Crippen molar-refractivity contribution < 1.29 is 19.7 Å². The van der Waals surface area contributed by atoms with Crippen LogP contribution >= 0.6 is 0 Å². The molecule has 0 saturated heterocycles. The number of fused-ring (bicyclic) bond motifs is 1. The van der Waals surface area contributed by atoms with Crippen molar-refractivity contribution in [3.05, 3.63) is 60.7 Å². The predicted molar refractivity (Wildman–Crippen MR) is 150 cm³/mol. The summed E-state index contributed by atoms with van der Waals surface area (Å²) in [5, 5.41) is 20.0. The van der Waals surface area contributed by atoms with Crippen molar-refractivity contribution in [1.29, 1.82) is 0 Å². The van der Waals surface area contributed by atoms with Crippen molar-refractivity contribution in [3.63, 3.8) is 0 Å². The first-order valence-electron chi connectivity index (χ1n) is 13.9. The van der Waals surface area contributed by atoms with Gasteiger partial charge in [-0.15, -0.1) is 0 Å². The zero-order valence-corrected chi connectivity index (χ0v) is 21.8. The molecule has 0 amide bonds. The summed E-state index contributed by atoms with van der Waals surface area (Å²) in [7, 11) is 0. The molecule has 3 aromatic carbocycles. The lowest BCUT2D eigenvalue weighted by Crippen LogP contribution is -1.97. The quantitative estimate of drug-likeness (QED) is 0.167. The van der Waals surface area contributed by atoms with Crippen molar-refractivity contribution in [2.24, 2.45) is 0 Å². The van der Waals surface area contributed by atoms with Gasteiger partial charge in [-0.3, -0.25) is 0 Å². The van der Waals surface area contributed by atoms with Crippen LogP contribution in [0, 0.1) is 0 Å². The first-order chi connectivity index (χ1) is 17.8. The van der Waals surface area contributed by atoms with E-state index in [2.05, 4.69) is 60.7 Å². The monoisotopic (exact) mass is 492 g/mol. The fourth-order valence-corrected chi connectivity index (χ4v) is 4.46. The molecule has 196 valence electrons. The number of aliphatic hydroxyl groups excluding tert-OH is 2. The van der Waals surface area contributed by atoms with Crippen LogP contribution in [0.2, 0.25) is 0 Å². The molecule has 0 aliphatic carbocycles. The van der Waals surface area contributed by atoms with Gasteiger partial charge < -0.3 is 19.7 Å². The van der Waals surface area contributed by atoms with E-state index in [4.69, 9.17) is 19.7 Å². The summed E-state index contributed by atoms with van der Waals surface area (Å²) < 4.78 is 11.9. The molecule has 0 aliphatic heterocycles. The Morgan fingerprint density at radius 3 is 1.47 bits per heavy atom. The third-order valence-corrected chi connectivity index (χ3v) is 6.64. The standard InChI is InChI=1S/C32H44O4/c33-21-9-5-1-3-7-11-23-35-31-18-15-27(16-19-31)28-13-14-30-26-32(20-17-29(30)25-28)36-24-12-8-4-2-6-10-22-34/h13-20,25-26,33-34H,1-12,21-24H2. The number of hydrogen-bond donors (Lipinski definition) is 2. The van der Waals surface area contributed by atoms with E-state index in [0.29, 0.717) is 13.2 Å². The highest BCUT2D eigenvalue weighted by atomic mass is 16.5. The second kappa shape index (κ2) is 17.0. The minimum absolute atomic E-state index is 0.308. The maximum Gasteiger partial charge on any atom is 0.119 e. The van der Waals surface area contributed by atoms with Gasteiger partial charge in [-0.25, -0.2) is 0 Å². The Morgan fingerprint density at radius 1 is 0.417 bits per heavy atom. The van der Waals surface area contributed by atoms with E-state index in [1.165, 1.54) is 60.4 Å². The molecule has 0 bridgehead atoms. The first-order valence-corrected chi connectivity index (χ1v) is 13.9. The lowest BCUT2D eigenvalue weighted by atomic mass is 10.0. The molecule has 4 nitrogen and oxygen atoms in total. The number of ether oxygens (including phenoxy) is 2. The predicted octanol–water partition coefficient (Wildman–Crippen LogP) is 7.93. The van der Waals surface area contributed by atoms with E-state index >= 15 is 0 Å². The van der Waals surface area contributed by atoms with Gasteiger partial charge >= 0.3 is 0 Å². The number of aliphatic hydroxyl groups is 2. The first kappa shape index (κ1) is 28.0. The van der Waals surface area contributed by atoms with Crippen LogP contribution in [0.3, 0.4) is 0 Å². The molecule has 4 heteroatoms. The molecule has 3 rings (SSSR count). The van der Waals surface area contributed by atoms with Crippen LogP contribution in [-0.4, -0.2) is 36.6 Å². The van der Waals surface area contributed by atoms with Crippen LogP contribution in [0.25, 0.3) is 21.9 Å². The van der Waals surface area contributed by atoms with Crippen molar-refractivity contribution in [1.82, 2.24) is 0 Å². The Balaban J connectivity index is 1.41. The fourth-order valence-electron chi connectivity index (χ4n) is 4.46. The van der Waals surface area contributed by atoms with Crippen molar-refractivity contribution in [3.8, 4) is 22.6 Å². The Hall–Kier alpha value is -2.56. The van der Waals surface area contributed by atoms with Crippen LogP contribution in [-0.2, 0) is 0 Å². The highest BCUT2D eigenvalue weighted by Gasteiger charge is 2.03. The van der Waals surface area contributed by atoms with Crippen LogP contribution < -0.4 is 9.47 Å². The van der Waals surface area contributed by atoms with Crippen molar-refractivity contribution in [2.45, 2.75) is 77.0 Å². The van der Waals surface area contributed by atoms with Gasteiger partial charge in [0.1, 0.15) is 11.5 Å².